The molecule has 6 heteroatoms. The Kier molecular flexibility index (Phi) is 7.97. The summed E-state index contributed by atoms with van der Waals surface area (Å²) in [5.74, 6) is 1.91. The van der Waals surface area contributed by atoms with Gasteiger partial charge in [-0.2, -0.15) is 0 Å². The van der Waals surface area contributed by atoms with Gasteiger partial charge in [0.2, 0.25) is 5.75 Å². The molecule has 3 rings (SSSR count). The number of methoxy groups -OCH3 is 3. The molecule has 0 unspecified atom stereocenters. The van der Waals surface area contributed by atoms with E-state index in [-0.39, 0.29) is 5.91 Å². The van der Waals surface area contributed by atoms with Crippen molar-refractivity contribution in [2.75, 3.05) is 27.9 Å². The molecule has 0 radical (unpaired) electrons. The molecule has 0 bridgehead atoms. The van der Waals surface area contributed by atoms with Crippen molar-refractivity contribution >= 4 is 5.91 Å². The van der Waals surface area contributed by atoms with Crippen LogP contribution in [0.1, 0.15) is 28.4 Å². The first-order chi connectivity index (χ1) is 15.6. The lowest BCUT2D eigenvalue weighted by atomic mass is 10.1. The average Bonchev–Trinajstić information content (AvgIpc) is 2.85. The lowest BCUT2D eigenvalue weighted by Crippen LogP contribution is -2.30. The van der Waals surface area contributed by atoms with Crippen molar-refractivity contribution in [3.05, 3.63) is 83.4 Å². The summed E-state index contributed by atoms with van der Waals surface area (Å²) in [4.78, 5) is 15.0. The number of rotatable bonds is 10. The van der Waals surface area contributed by atoms with Crippen LogP contribution in [0, 0.1) is 0 Å². The van der Waals surface area contributed by atoms with Crippen molar-refractivity contribution in [3.8, 4) is 23.0 Å². The highest BCUT2D eigenvalue weighted by Crippen LogP contribution is 2.40. The number of carbonyl (C=O) groups is 1. The van der Waals surface area contributed by atoms with Gasteiger partial charge in [-0.3, -0.25) is 4.79 Å². The third-order valence-electron chi connectivity index (χ3n) is 5.15. The van der Waals surface area contributed by atoms with E-state index in [4.69, 9.17) is 18.9 Å². The standard InChI is InChI=1S/C26H29NO5/c1-5-27(26(28)22-15-16-23(29-2)25(31-4)24(22)30-3)17-19-11-13-21(14-12-19)32-18-20-9-7-6-8-10-20/h6-16H,5,17-18H2,1-4H3. The lowest BCUT2D eigenvalue weighted by Gasteiger charge is -2.23. The molecule has 0 aliphatic heterocycles. The first-order valence-corrected chi connectivity index (χ1v) is 10.4. The van der Waals surface area contributed by atoms with E-state index in [2.05, 4.69) is 0 Å². The second-order valence-electron chi connectivity index (χ2n) is 7.12. The molecule has 0 aliphatic rings. The maximum atomic E-state index is 13.3. The largest absolute Gasteiger partial charge is 0.493 e. The molecule has 0 aromatic heterocycles. The summed E-state index contributed by atoms with van der Waals surface area (Å²) in [6.07, 6.45) is 0. The molecular formula is C26H29NO5. The quantitative estimate of drug-likeness (QED) is 0.451. The minimum atomic E-state index is -0.144. The Morgan fingerprint density at radius 1 is 0.781 bits per heavy atom. The first-order valence-electron chi connectivity index (χ1n) is 10.4. The van der Waals surface area contributed by atoms with Crippen molar-refractivity contribution in [3.63, 3.8) is 0 Å². The van der Waals surface area contributed by atoms with E-state index in [1.807, 2.05) is 61.5 Å². The van der Waals surface area contributed by atoms with E-state index >= 15 is 0 Å². The number of nitrogens with zero attached hydrogens (tertiary/aromatic N) is 1. The second-order valence-corrected chi connectivity index (χ2v) is 7.12. The predicted molar refractivity (Wildman–Crippen MR) is 124 cm³/mol. The Morgan fingerprint density at radius 2 is 1.47 bits per heavy atom. The van der Waals surface area contributed by atoms with E-state index in [9.17, 15) is 4.79 Å². The third kappa shape index (κ3) is 5.32. The van der Waals surface area contributed by atoms with Crippen molar-refractivity contribution < 1.29 is 23.7 Å². The average molecular weight is 436 g/mol. The maximum Gasteiger partial charge on any atom is 0.258 e. The van der Waals surface area contributed by atoms with Crippen LogP contribution in [-0.2, 0) is 13.2 Å². The molecular weight excluding hydrogens is 406 g/mol. The fourth-order valence-corrected chi connectivity index (χ4v) is 3.42. The predicted octanol–water partition coefficient (Wildman–Crippen LogP) is 4.95. The fourth-order valence-electron chi connectivity index (χ4n) is 3.42. The summed E-state index contributed by atoms with van der Waals surface area (Å²) < 4.78 is 22.1. The van der Waals surface area contributed by atoms with Gasteiger partial charge in [-0.1, -0.05) is 42.5 Å². The van der Waals surface area contributed by atoms with Gasteiger partial charge in [0.05, 0.1) is 26.9 Å². The van der Waals surface area contributed by atoms with Gasteiger partial charge in [-0.15, -0.1) is 0 Å². The van der Waals surface area contributed by atoms with Gasteiger partial charge in [0.25, 0.3) is 5.91 Å². The van der Waals surface area contributed by atoms with Gasteiger partial charge in [-0.05, 0) is 42.3 Å². The molecule has 0 fully saturated rings. The molecule has 0 aliphatic carbocycles. The zero-order valence-electron chi connectivity index (χ0n) is 19.0. The van der Waals surface area contributed by atoms with Crippen LogP contribution in [0.3, 0.4) is 0 Å². The van der Waals surface area contributed by atoms with Crippen LogP contribution >= 0.6 is 0 Å². The molecule has 32 heavy (non-hydrogen) atoms. The molecule has 3 aromatic rings. The van der Waals surface area contributed by atoms with Gasteiger partial charge >= 0.3 is 0 Å². The molecule has 6 nitrogen and oxygen atoms in total. The van der Waals surface area contributed by atoms with Crippen molar-refractivity contribution in [2.24, 2.45) is 0 Å². The molecule has 0 saturated carbocycles. The third-order valence-corrected chi connectivity index (χ3v) is 5.15. The number of carbonyl (C=O) groups excluding carboxylic acids is 1. The summed E-state index contributed by atoms with van der Waals surface area (Å²) in [7, 11) is 4.58. The molecule has 3 aromatic carbocycles. The van der Waals surface area contributed by atoms with Crippen molar-refractivity contribution in [1.29, 1.82) is 0 Å². The zero-order valence-corrected chi connectivity index (χ0v) is 19.0. The lowest BCUT2D eigenvalue weighted by molar-refractivity contribution is 0.0748. The molecule has 0 N–H and O–H groups in total. The van der Waals surface area contributed by atoms with Crippen LogP contribution in [0.15, 0.2) is 66.7 Å². The van der Waals surface area contributed by atoms with Gasteiger partial charge in [0.15, 0.2) is 11.5 Å². The molecule has 0 spiro atoms. The number of hydrogen-bond donors (Lipinski definition) is 0. The number of hydrogen-bond acceptors (Lipinski definition) is 5. The summed E-state index contributed by atoms with van der Waals surface area (Å²) in [6.45, 7) is 3.47. The first kappa shape index (κ1) is 23.0. The minimum Gasteiger partial charge on any atom is -0.493 e. The zero-order chi connectivity index (χ0) is 22.9. The highest BCUT2D eigenvalue weighted by Gasteiger charge is 2.24. The Labute approximate surface area is 189 Å². The smallest absolute Gasteiger partial charge is 0.258 e. The van der Waals surface area contributed by atoms with Crippen LogP contribution < -0.4 is 18.9 Å². The maximum absolute atomic E-state index is 13.3. The van der Waals surface area contributed by atoms with Gasteiger partial charge in [-0.25, -0.2) is 0 Å². The van der Waals surface area contributed by atoms with Crippen molar-refractivity contribution in [1.82, 2.24) is 4.90 Å². The van der Waals surface area contributed by atoms with E-state index < -0.39 is 0 Å². The summed E-state index contributed by atoms with van der Waals surface area (Å²) in [6, 6.07) is 21.2. The SMILES string of the molecule is CCN(Cc1ccc(OCc2ccccc2)cc1)C(=O)c1ccc(OC)c(OC)c1OC. The molecule has 0 heterocycles. The topological polar surface area (TPSA) is 57.2 Å². The summed E-state index contributed by atoms with van der Waals surface area (Å²) in [5, 5.41) is 0. The van der Waals surface area contributed by atoms with E-state index in [1.165, 1.54) is 14.2 Å². The Hall–Kier alpha value is -3.67. The van der Waals surface area contributed by atoms with Crippen LogP contribution in [0.25, 0.3) is 0 Å². The van der Waals surface area contributed by atoms with E-state index in [0.717, 1.165) is 16.9 Å². The van der Waals surface area contributed by atoms with Crippen LogP contribution in [-0.4, -0.2) is 38.7 Å². The van der Waals surface area contributed by atoms with E-state index in [0.29, 0.717) is 42.5 Å². The van der Waals surface area contributed by atoms with Gasteiger partial charge in [0, 0.05) is 13.1 Å². The normalized spacial score (nSPS) is 10.4. The summed E-state index contributed by atoms with van der Waals surface area (Å²) >= 11 is 0. The summed E-state index contributed by atoms with van der Waals surface area (Å²) in [5.41, 5.74) is 2.55. The Bertz CT molecular complexity index is 1020. The molecule has 1 amide bonds. The highest BCUT2D eigenvalue weighted by molar-refractivity contribution is 5.98. The minimum absolute atomic E-state index is 0.144. The molecule has 168 valence electrons. The number of benzene rings is 3. The second kappa shape index (κ2) is 11.1. The highest BCUT2D eigenvalue weighted by atomic mass is 16.5. The van der Waals surface area contributed by atoms with Crippen LogP contribution in [0.5, 0.6) is 23.0 Å². The number of ether oxygens (including phenoxy) is 4. The van der Waals surface area contributed by atoms with Gasteiger partial charge < -0.3 is 23.8 Å². The fraction of sp³-hybridized carbons (Fsp3) is 0.269. The molecule has 0 saturated heterocycles. The monoisotopic (exact) mass is 435 g/mol. The van der Waals surface area contributed by atoms with Crippen molar-refractivity contribution in [2.45, 2.75) is 20.1 Å². The molecule has 0 atom stereocenters. The van der Waals surface area contributed by atoms with Crippen LogP contribution in [0.2, 0.25) is 0 Å². The van der Waals surface area contributed by atoms with E-state index in [1.54, 1.807) is 24.1 Å². The number of amides is 1. The van der Waals surface area contributed by atoms with Crippen LogP contribution in [0.4, 0.5) is 0 Å². The Balaban J connectivity index is 1.71. The Morgan fingerprint density at radius 3 is 2.06 bits per heavy atom. The van der Waals surface area contributed by atoms with Gasteiger partial charge in [0.1, 0.15) is 12.4 Å².